The lowest BCUT2D eigenvalue weighted by molar-refractivity contribution is 0.245. The molecule has 84 valence electrons. The number of thiol groups is 1. The summed E-state index contributed by atoms with van der Waals surface area (Å²) in [7, 11) is 0. The maximum atomic E-state index is 9.62. The number of nitrogens with one attached hydrogen (secondary N) is 1. The Balaban J connectivity index is 2.68. The number of phenols is 1. The van der Waals surface area contributed by atoms with Crippen LogP contribution in [0.4, 0.5) is 0 Å². The molecule has 0 bridgehead atoms. The average molecular weight is 227 g/mol. The van der Waals surface area contributed by atoms with E-state index < -0.39 is 0 Å². The Morgan fingerprint density at radius 1 is 1.40 bits per heavy atom. The summed E-state index contributed by atoms with van der Waals surface area (Å²) in [6.07, 6.45) is 0. The standard InChI is InChI=1S/C11H17NO2S/c1-8(12-9(6-13)7-15)10-4-2-3-5-11(10)14/h2-5,8-9,12-15H,6-7H2,1H3. The van der Waals surface area contributed by atoms with Gasteiger partial charge in [-0.3, -0.25) is 0 Å². The van der Waals surface area contributed by atoms with E-state index >= 15 is 0 Å². The lowest BCUT2D eigenvalue weighted by atomic mass is 10.1. The molecule has 4 heteroatoms. The van der Waals surface area contributed by atoms with E-state index in [1.807, 2.05) is 19.1 Å². The summed E-state index contributed by atoms with van der Waals surface area (Å²) in [5.74, 6) is 0.836. The first kappa shape index (κ1) is 12.4. The van der Waals surface area contributed by atoms with Gasteiger partial charge in [-0.25, -0.2) is 0 Å². The second-order valence-electron chi connectivity index (χ2n) is 3.51. The van der Waals surface area contributed by atoms with Gasteiger partial charge in [-0.15, -0.1) is 0 Å². The van der Waals surface area contributed by atoms with E-state index in [4.69, 9.17) is 5.11 Å². The molecule has 0 amide bonds. The number of hydrogen-bond acceptors (Lipinski definition) is 4. The van der Waals surface area contributed by atoms with Crippen molar-refractivity contribution in [2.24, 2.45) is 0 Å². The third-order valence-corrected chi connectivity index (χ3v) is 2.77. The molecule has 0 aromatic heterocycles. The highest BCUT2D eigenvalue weighted by Gasteiger charge is 2.13. The third kappa shape index (κ3) is 3.41. The quantitative estimate of drug-likeness (QED) is 0.574. The highest BCUT2D eigenvalue weighted by molar-refractivity contribution is 7.80. The highest BCUT2D eigenvalue weighted by Crippen LogP contribution is 2.23. The smallest absolute Gasteiger partial charge is 0.120 e. The van der Waals surface area contributed by atoms with Gasteiger partial charge in [0.2, 0.25) is 0 Å². The monoisotopic (exact) mass is 227 g/mol. The van der Waals surface area contributed by atoms with E-state index in [0.29, 0.717) is 5.75 Å². The van der Waals surface area contributed by atoms with Crippen LogP contribution in [-0.2, 0) is 0 Å². The molecule has 0 saturated carbocycles. The molecule has 3 nitrogen and oxygen atoms in total. The SMILES string of the molecule is CC(NC(CO)CS)c1ccccc1O. The van der Waals surface area contributed by atoms with Crippen molar-refractivity contribution in [2.75, 3.05) is 12.4 Å². The van der Waals surface area contributed by atoms with Crippen molar-refractivity contribution in [3.05, 3.63) is 29.8 Å². The van der Waals surface area contributed by atoms with Crippen molar-refractivity contribution >= 4 is 12.6 Å². The normalized spacial score (nSPS) is 14.9. The van der Waals surface area contributed by atoms with E-state index in [1.54, 1.807) is 12.1 Å². The van der Waals surface area contributed by atoms with E-state index in [0.717, 1.165) is 5.56 Å². The molecule has 15 heavy (non-hydrogen) atoms. The zero-order valence-electron chi connectivity index (χ0n) is 8.72. The lowest BCUT2D eigenvalue weighted by Gasteiger charge is -2.21. The molecule has 1 aromatic carbocycles. The van der Waals surface area contributed by atoms with E-state index in [-0.39, 0.29) is 24.4 Å². The van der Waals surface area contributed by atoms with Gasteiger partial charge in [-0.1, -0.05) is 18.2 Å². The van der Waals surface area contributed by atoms with Crippen LogP contribution >= 0.6 is 12.6 Å². The number of aliphatic hydroxyl groups excluding tert-OH is 1. The van der Waals surface area contributed by atoms with Gasteiger partial charge in [0.05, 0.1) is 6.61 Å². The molecule has 0 radical (unpaired) electrons. The van der Waals surface area contributed by atoms with Crippen molar-refractivity contribution in [1.29, 1.82) is 0 Å². The van der Waals surface area contributed by atoms with Gasteiger partial charge in [0.25, 0.3) is 0 Å². The number of para-hydroxylation sites is 1. The second kappa shape index (κ2) is 6.00. The molecule has 0 fully saturated rings. The van der Waals surface area contributed by atoms with Crippen molar-refractivity contribution in [3.63, 3.8) is 0 Å². The largest absolute Gasteiger partial charge is 0.508 e. The Hall–Kier alpha value is -0.710. The highest BCUT2D eigenvalue weighted by atomic mass is 32.1. The molecule has 0 heterocycles. The first-order valence-corrected chi connectivity index (χ1v) is 5.58. The number of aliphatic hydroxyl groups is 1. The minimum atomic E-state index is -0.0528. The van der Waals surface area contributed by atoms with Crippen molar-refractivity contribution < 1.29 is 10.2 Å². The molecule has 2 unspecified atom stereocenters. The number of benzene rings is 1. The summed E-state index contributed by atoms with van der Waals surface area (Å²) in [5.41, 5.74) is 0.831. The summed E-state index contributed by atoms with van der Waals surface area (Å²) in [6, 6.07) is 7.12. The Morgan fingerprint density at radius 3 is 2.60 bits per heavy atom. The zero-order chi connectivity index (χ0) is 11.3. The topological polar surface area (TPSA) is 52.5 Å². The molecule has 0 spiro atoms. The number of rotatable bonds is 5. The fraction of sp³-hybridized carbons (Fsp3) is 0.455. The van der Waals surface area contributed by atoms with E-state index in [2.05, 4.69) is 17.9 Å². The van der Waals surface area contributed by atoms with Gasteiger partial charge in [0, 0.05) is 23.4 Å². The fourth-order valence-electron chi connectivity index (χ4n) is 1.46. The summed E-state index contributed by atoms with van der Waals surface area (Å²) >= 11 is 4.12. The zero-order valence-corrected chi connectivity index (χ0v) is 9.61. The Kier molecular flexibility index (Phi) is 4.94. The van der Waals surface area contributed by atoms with Gasteiger partial charge in [0.1, 0.15) is 5.75 Å². The van der Waals surface area contributed by atoms with Crippen LogP contribution in [0, 0.1) is 0 Å². The van der Waals surface area contributed by atoms with Crippen LogP contribution < -0.4 is 5.32 Å². The van der Waals surface area contributed by atoms with Gasteiger partial charge in [-0.2, -0.15) is 12.6 Å². The molecule has 1 rings (SSSR count). The van der Waals surface area contributed by atoms with Crippen LogP contribution in [0.25, 0.3) is 0 Å². The number of aromatic hydroxyl groups is 1. The number of phenolic OH excluding ortho intramolecular Hbond substituents is 1. The van der Waals surface area contributed by atoms with Gasteiger partial charge >= 0.3 is 0 Å². The summed E-state index contributed by atoms with van der Waals surface area (Å²) in [5, 5.41) is 21.8. The lowest BCUT2D eigenvalue weighted by Crippen LogP contribution is -2.36. The number of hydrogen-bond donors (Lipinski definition) is 4. The Bertz CT molecular complexity index is 302. The minimum absolute atomic E-state index is 0.00417. The Labute approximate surface area is 95.5 Å². The third-order valence-electron chi connectivity index (χ3n) is 2.33. The van der Waals surface area contributed by atoms with Crippen molar-refractivity contribution in [1.82, 2.24) is 5.32 Å². The van der Waals surface area contributed by atoms with Crippen LogP contribution in [0.2, 0.25) is 0 Å². The maximum absolute atomic E-state index is 9.62. The van der Waals surface area contributed by atoms with E-state index in [1.165, 1.54) is 0 Å². The van der Waals surface area contributed by atoms with Crippen LogP contribution in [0.5, 0.6) is 5.75 Å². The predicted octanol–water partition coefficient (Wildman–Crippen LogP) is 1.33. The molecule has 0 saturated heterocycles. The van der Waals surface area contributed by atoms with Crippen molar-refractivity contribution in [2.45, 2.75) is 19.0 Å². The minimum Gasteiger partial charge on any atom is -0.508 e. The predicted molar refractivity (Wildman–Crippen MR) is 64.4 cm³/mol. The van der Waals surface area contributed by atoms with Crippen LogP contribution in [0.3, 0.4) is 0 Å². The molecule has 3 N–H and O–H groups in total. The summed E-state index contributed by atoms with van der Waals surface area (Å²) < 4.78 is 0. The van der Waals surface area contributed by atoms with E-state index in [9.17, 15) is 5.11 Å². The van der Waals surface area contributed by atoms with Crippen molar-refractivity contribution in [3.8, 4) is 5.75 Å². The van der Waals surface area contributed by atoms with Crippen LogP contribution in [0.1, 0.15) is 18.5 Å². The maximum Gasteiger partial charge on any atom is 0.120 e. The van der Waals surface area contributed by atoms with Gasteiger partial charge < -0.3 is 15.5 Å². The molecule has 1 aromatic rings. The summed E-state index contributed by atoms with van der Waals surface area (Å²) in [6.45, 7) is 1.99. The average Bonchev–Trinajstić information content (AvgIpc) is 2.26. The first-order valence-electron chi connectivity index (χ1n) is 4.94. The van der Waals surface area contributed by atoms with Gasteiger partial charge in [-0.05, 0) is 13.0 Å². The van der Waals surface area contributed by atoms with Crippen LogP contribution in [0.15, 0.2) is 24.3 Å². The molecule has 0 aliphatic rings. The molecule has 0 aliphatic carbocycles. The molecular weight excluding hydrogens is 210 g/mol. The molecule has 0 aliphatic heterocycles. The second-order valence-corrected chi connectivity index (χ2v) is 3.87. The fourth-order valence-corrected chi connectivity index (χ4v) is 1.68. The first-order chi connectivity index (χ1) is 7.19. The summed E-state index contributed by atoms with van der Waals surface area (Å²) in [4.78, 5) is 0. The Morgan fingerprint density at radius 2 is 2.07 bits per heavy atom. The van der Waals surface area contributed by atoms with Gasteiger partial charge in [0.15, 0.2) is 0 Å². The molecular formula is C11H17NO2S. The molecule has 2 atom stereocenters. The van der Waals surface area contributed by atoms with Crippen LogP contribution in [-0.4, -0.2) is 28.6 Å².